The van der Waals surface area contributed by atoms with Crippen LogP contribution in [0.5, 0.6) is 5.75 Å². The second-order valence-electron chi connectivity index (χ2n) is 8.47. The van der Waals surface area contributed by atoms with Gasteiger partial charge in [0, 0.05) is 35.6 Å². The molecule has 1 amide bonds. The van der Waals surface area contributed by atoms with E-state index in [9.17, 15) is 9.36 Å². The number of nitrogens with one attached hydrogen (secondary N) is 3. The highest BCUT2D eigenvalue weighted by Gasteiger charge is 2.33. The highest BCUT2D eigenvalue weighted by Crippen LogP contribution is 2.53. The molecule has 0 radical (unpaired) electrons. The molecule has 3 N–H and O–H groups in total. The summed E-state index contributed by atoms with van der Waals surface area (Å²) < 4.78 is 25.1. The quantitative estimate of drug-likeness (QED) is 0.157. The van der Waals surface area contributed by atoms with Crippen molar-refractivity contribution in [3.05, 3.63) is 120 Å². The minimum Gasteiger partial charge on any atom is -0.409 e. The number of pyridine rings is 1. The van der Waals surface area contributed by atoms with Crippen molar-refractivity contribution >= 4 is 42.9 Å². The van der Waals surface area contributed by atoms with E-state index < -0.39 is 7.75 Å². The SMILES string of the molecule is CNC(=O)c1ccccc1Sc1ccc(C(=N)/C=C/c2ccccn2)c(NP2(=O)OCc3ccccc3O2)c1.[HH]. The number of para-hydroxylation sites is 1. The number of benzene rings is 3. The van der Waals surface area contributed by atoms with Gasteiger partial charge in [-0.05, 0) is 60.7 Å². The lowest BCUT2D eigenvalue weighted by molar-refractivity contribution is 0.0960. The maximum Gasteiger partial charge on any atom is 0.486 e. The molecule has 39 heavy (non-hydrogen) atoms. The Kier molecular flexibility index (Phi) is 7.93. The lowest BCUT2D eigenvalue weighted by Gasteiger charge is -2.27. The lowest BCUT2D eigenvalue weighted by Crippen LogP contribution is -2.18. The van der Waals surface area contributed by atoms with Crippen LogP contribution >= 0.6 is 19.5 Å². The van der Waals surface area contributed by atoms with Gasteiger partial charge in [0.25, 0.3) is 5.91 Å². The Bertz CT molecular complexity index is 1620. The number of fused-ring (bicyclic) bond motifs is 1. The van der Waals surface area contributed by atoms with Crippen LogP contribution in [0.3, 0.4) is 0 Å². The summed E-state index contributed by atoms with van der Waals surface area (Å²) >= 11 is 1.38. The fourth-order valence-corrected chi connectivity index (χ4v) is 6.25. The van der Waals surface area contributed by atoms with E-state index in [1.807, 2.05) is 48.5 Å². The maximum absolute atomic E-state index is 13.7. The molecule has 0 spiro atoms. The summed E-state index contributed by atoms with van der Waals surface area (Å²) in [5.74, 6) is 0.290. The number of hydrogen-bond donors (Lipinski definition) is 3. The topological polar surface area (TPSA) is 113 Å². The number of carbonyl (C=O) groups is 1. The molecule has 1 aliphatic heterocycles. The zero-order chi connectivity index (χ0) is 27.2. The van der Waals surface area contributed by atoms with Gasteiger partial charge in [0.05, 0.1) is 29.3 Å². The molecule has 0 bridgehead atoms. The zero-order valence-electron chi connectivity index (χ0n) is 21.0. The second kappa shape index (κ2) is 11.7. The van der Waals surface area contributed by atoms with Gasteiger partial charge in [0.1, 0.15) is 5.75 Å². The van der Waals surface area contributed by atoms with Crippen LogP contribution in [0.4, 0.5) is 5.69 Å². The molecule has 4 aromatic rings. The van der Waals surface area contributed by atoms with Crippen molar-refractivity contribution in [3.63, 3.8) is 0 Å². The molecule has 5 rings (SSSR count). The van der Waals surface area contributed by atoms with Crippen molar-refractivity contribution in [1.82, 2.24) is 10.3 Å². The van der Waals surface area contributed by atoms with E-state index >= 15 is 0 Å². The smallest absolute Gasteiger partial charge is 0.409 e. The van der Waals surface area contributed by atoms with Gasteiger partial charge in [0.2, 0.25) is 0 Å². The van der Waals surface area contributed by atoms with Crippen LogP contribution in [-0.4, -0.2) is 23.7 Å². The predicted molar refractivity (Wildman–Crippen MR) is 156 cm³/mol. The Balaban J connectivity index is 0.00000370. The molecular weight excluding hydrogens is 531 g/mol. The third-order valence-corrected chi connectivity index (χ3v) is 8.30. The summed E-state index contributed by atoms with van der Waals surface area (Å²) in [4.78, 5) is 18.2. The molecule has 1 unspecified atom stereocenters. The summed E-state index contributed by atoms with van der Waals surface area (Å²) in [6.45, 7) is 0.126. The van der Waals surface area contributed by atoms with Crippen LogP contribution in [0.2, 0.25) is 0 Å². The van der Waals surface area contributed by atoms with E-state index in [-0.39, 0.29) is 19.7 Å². The number of rotatable bonds is 8. The lowest BCUT2D eigenvalue weighted by atomic mass is 10.1. The molecule has 8 nitrogen and oxygen atoms in total. The van der Waals surface area contributed by atoms with E-state index in [0.717, 1.165) is 15.4 Å². The number of allylic oxidation sites excluding steroid dienone is 1. The van der Waals surface area contributed by atoms with Gasteiger partial charge in [-0.25, -0.2) is 4.57 Å². The first-order chi connectivity index (χ1) is 18.9. The van der Waals surface area contributed by atoms with Crippen LogP contribution in [0.25, 0.3) is 6.08 Å². The van der Waals surface area contributed by atoms with Crippen molar-refractivity contribution in [1.29, 1.82) is 5.41 Å². The van der Waals surface area contributed by atoms with Gasteiger partial charge < -0.3 is 15.2 Å². The van der Waals surface area contributed by atoms with Gasteiger partial charge in [-0.3, -0.25) is 19.4 Å². The van der Waals surface area contributed by atoms with Crippen LogP contribution in [-0.2, 0) is 15.7 Å². The fraction of sp³-hybridized carbons (Fsp3) is 0.0690. The van der Waals surface area contributed by atoms with E-state index in [0.29, 0.717) is 28.3 Å². The van der Waals surface area contributed by atoms with Gasteiger partial charge >= 0.3 is 7.75 Å². The molecule has 1 aromatic heterocycles. The monoisotopic (exact) mass is 558 g/mol. The molecular formula is C29H27N4O4PS. The first-order valence-corrected chi connectivity index (χ1v) is 14.4. The van der Waals surface area contributed by atoms with E-state index in [2.05, 4.69) is 15.4 Å². The molecule has 0 saturated heterocycles. The fourth-order valence-electron chi connectivity index (χ4n) is 3.88. The summed E-state index contributed by atoms with van der Waals surface area (Å²) in [6.07, 6.45) is 5.05. The normalized spacial score (nSPS) is 16.2. The highest BCUT2D eigenvalue weighted by atomic mass is 32.2. The minimum absolute atomic E-state index is 0. The number of carbonyl (C=O) groups excluding carboxylic acids is 1. The Morgan fingerprint density at radius 1 is 1.05 bits per heavy atom. The maximum atomic E-state index is 13.7. The van der Waals surface area contributed by atoms with Crippen LogP contribution in [0.15, 0.2) is 107 Å². The highest BCUT2D eigenvalue weighted by molar-refractivity contribution is 7.99. The van der Waals surface area contributed by atoms with Crippen LogP contribution < -0.4 is 14.9 Å². The van der Waals surface area contributed by atoms with Gasteiger partial charge in [-0.2, -0.15) is 0 Å². The third kappa shape index (κ3) is 6.29. The minimum atomic E-state index is -3.80. The number of aromatic nitrogens is 1. The Hall–Kier alpha value is -4.17. The molecule has 2 heterocycles. The second-order valence-corrected chi connectivity index (χ2v) is 11.2. The molecule has 0 aliphatic carbocycles. The van der Waals surface area contributed by atoms with E-state index in [1.165, 1.54) is 11.8 Å². The molecule has 0 fully saturated rings. The van der Waals surface area contributed by atoms with Gasteiger partial charge in [-0.15, -0.1) is 0 Å². The first-order valence-electron chi connectivity index (χ1n) is 12.1. The van der Waals surface area contributed by atoms with Crippen molar-refractivity contribution in [2.45, 2.75) is 16.4 Å². The van der Waals surface area contributed by atoms with Crippen molar-refractivity contribution < 1.29 is 19.8 Å². The molecule has 1 aliphatic rings. The zero-order valence-corrected chi connectivity index (χ0v) is 22.7. The molecule has 198 valence electrons. The average Bonchev–Trinajstić information content (AvgIpc) is 2.96. The summed E-state index contributed by atoms with van der Waals surface area (Å²) in [6, 6.07) is 25.5. The van der Waals surface area contributed by atoms with E-state index in [1.54, 1.807) is 61.8 Å². The molecule has 10 heteroatoms. The van der Waals surface area contributed by atoms with Crippen molar-refractivity contribution in [2.75, 3.05) is 12.1 Å². The Morgan fingerprint density at radius 2 is 1.85 bits per heavy atom. The predicted octanol–water partition coefficient (Wildman–Crippen LogP) is 7.05. The average molecular weight is 559 g/mol. The van der Waals surface area contributed by atoms with Gasteiger partial charge in [0.15, 0.2) is 0 Å². The molecule has 0 saturated carbocycles. The van der Waals surface area contributed by atoms with Crippen molar-refractivity contribution in [2.24, 2.45) is 0 Å². The third-order valence-electron chi connectivity index (χ3n) is 5.81. The van der Waals surface area contributed by atoms with Gasteiger partial charge in [-0.1, -0.05) is 48.2 Å². The summed E-state index contributed by atoms with van der Waals surface area (Å²) in [7, 11) is -2.21. The number of nitrogens with zero attached hydrogens (tertiary/aromatic N) is 1. The first kappa shape index (κ1) is 26.4. The molecule has 1 atom stereocenters. The number of amides is 1. The Morgan fingerprint density at radius 3 is 2.67 bits per heavy atom. The largest absolute Gasteiger partial charge is 0.486 e. The Labute approximate surface area is 232 Å². The van der Waals surface area contributed by atoms with Crippen LogP contribution in [0.1, 0.15) is 28.6 Å². The number of hydrogen-bond acceptors (Lipinski definition) is 7. The van der Waals surface area contributed by atoms with Crippen LogP contribution in [0, 0.1) is 5.41 Å². The number of anilines is 1. The van der Waals surface area contributed by atoms with Crippen molar-refractivity contribution in [3.8, 4) is 5.75 Å². The van der Waals surface area contributed by atoms with E-state index in [4.69, 9.17) is 14.5 Å². The summed E-state index contributed by atoms with van der Waals surface area (Å²) in [5, 5.41) is 14.4. The molecule has 3 aromatic carbocycles. The standard InChI is InChI=1S/C29H25N4O4PS.H2/c1-31-29(34)24-10-3-5-12-28(24)39-22-14-15-23(25(30)16-13-21-9-6-7-17-32-21)26(18-22)33-38(35)36-19-20-8-2-4-11-27(20)37-38;/h2-18,30H,19H2,1H3,(H,31,34)(H,33,35);1H/b16-13+,30-25?;. The summed E-state index contributed by atoms with van der Waals surface area (Å²) in [5.41, 5.74) is 3.11.